The van der Waals surface area contributed by atoms with E-state index in [9.17, 15) is 27.2 Å². The van der Waals surface area contributed by atoms with Crippen molar-refractivity contribution >= 4 is 49.2 Å². The third kappa shape index (κ3) is 7.04. The zero-order chi connectivity index (χ0) is 34.4. The third-order valence-corrected chi connectivity index (χ3v) is 14.0. The molecule has 4 aliphatic rings. The molecule has 1 saturated heterocycles. The number of nitrogens with zero attached hydrogens (tertiary/aromatic N) is 2. The number of aromatic nitrogens is 1. The number of thiazole rings is 1. The number of ketones is 1. The van der Waals surface area contributed by atoms with Crippen LogP contribution in [0.3, 0.4) is 0 Å². The number of ether oxygens (including phenoxy) is 1. The van der Waals surface area contributed by atoms with E-state index in [2.05, 4.69) is 9.71 Å². The first kappa shape index (κ1) is 33.8. The molecule has 2 saturated carbocycles. The van der Waals surface area contributed by atoms with Gasteiger partial charge >= 0.3 is 0 Å². The fourth-order valence-electron chi connectivity index (χ4n) is 7.39. The predicted octanol–water partition coefficient (Wildman–Crippen LogP) is 6.13. The van der Waals surface area contributed by atoms with Gasteiger partial charge in [0.15, 0.2) is 5.78 Å². The fraction of sp³-hybridized carbons (Fsp3) is 0.514. The Morgan fingerprint density at radius 2 is 1.92 bits per heavy atom. The van der Waals surface area contributed by atoms with Crippen LogP contribution < -0.4 is 9.46 Å². The summed E-state index contributed by atoms with van der Waals surface area (Å²) in [5.41, 5.74) is 0.445. The molecule has 2 aliphatic carbocycles. The highest BCUT2D eigenvalue weighted by molar-refractivity contribution is 7.91. The van der Waals surface area contributed by atoms with Crippen LogP contribution in [-0.4, -0.2) is 59.3 Å². The molecule has 49 heavy (non-hydrogen) atoms. The minimum atomic E-state index is -3.90. The smallest absolute Gasteiger partial charge is 0.274 e. The van der Waals surface area contributed by atoms with Crippen LogP contribution in [0.15, 0.2) is 60.7 Å². The largest absolute Gasteiger partial charge is 0.465 e. The Labute approximate surface area is 290 Å². The molecule has 7 rings (SSSR count). The Balaban J connectivity index is 1.18. The minimum absolute atomic E-state index is 0.122. The van der Waals surface area contributed by atoms with E-state index in [1.54, 1.807) is 17.9 Å². The van der Waals surface area contributed by atoms with Crippen molar-refractivity contribution < 1.29 is 31.9 Å². The highest BCUT2D eigenvalue weighted by Crippen LogP contribution is 2.57. The molecule has 0 unspecified atom stereocenters. The normalized spacial score (nSPS) is 29.3. The number of sulfonamides is 1. The summed E-state index contributed by atoms with van der Waals surface area (Å²) in [5, 5.41) is 0.330. The van der Waals surface area contributed by atoms with Gasteiger partial charge in [0.25, 0.3) is 5.19 Å². The summed E-state index contributed by atoms with van der Waals surface area (Å²) in [5.74, 6) is -2.03. The standard InChI is InChI=1S/C37H42FN3O6S2/c1-36(16-17-36)49(45,46)40-34(44)37-21-26(37)13-9-4-2-3-8-12-25(18-24-10-6-5-7-11-24)33(43)41-23-28(20-30(41)31(42)22-37)47-35-39-29-15-14-27(38)19-32(29)48-35/h5-7,9-11,13-15,19,25-26,28,30H,2-4,8,12,16-18,20-23H2,1H3,(H,40,44)/b13-9-/t25-,26-,28-,30+,37-/m1/s1. The molecule has 2 aliphatic heterocycles. The van der Waals surface area contributed by atoms with Gasteiger partial charge in [0.2, 0.25) is 21.8 Å². The number of halogens is 1. The Hall–Kier alpha value is -3.64. The van der Waals surface area contributed by atoms with Crippen molar-refractivity contribution in [2.24, 2.45) is 17.3 Å². The van der Waals surface area contributed by atoms with Crippen LogP contribution in [0.5, 0.6) is 5.19 Å². The van der Waals surface area contributed by atoms with Gasteiger partial charge in [-0.25, -0.2) is 17.8 Å². The second-order valence-electron chi connectivity index (χ2n) is 14.5. The molecule has 5 atom stereocenters. The molecule has 0 bridgehead atoms. The molecule has 0 spiro atoms. The summed E-state index contributed by atoms with van der Waals surface area (Å²) in [6.45, 7) is 1.79. The van der Waals surface area contributed by atoms with Crippen molar-refractivity contribution in [1.82, 2.24) is 14.6 Å². The SMILES string of the molecule is CC1(S(=O)(=O)NC(=O)[C@]23CC(=O)[C@@H]4C[C@@H](Oc5nc6ccc(F)cc6s5)CN4C(=O)[C@@H](Cc4ccccc4)CCCCC/C=C\[C@@H]2C3)CC1. The first-order chi connectivity index (χ1) is 23.5. The molecule has 260 valence electrons. The average molecular weight is 708 g/mol. The van der Waals surface area contributed by atoms with Crippen LogP contribution in [0, 0.1) is 23.1 Å². The molecule has 1 N–H and O–H groups in total. The van der Waals surface area contributed by atoms with Gasteiger partial charge in [0, 0.05) is 18.8 Å². The lowest BCUT2D eigenvalue weighted by atomic mass is 9.90. The maximum absolute atomic E-state index is 14.5. The van der Waals surface area contributed by atoms with E-state index in [0.717, 1.165) is 31.2 Å². The number of allylic oxidation sites excluding steroid dienone is 2. The molecule has 3 fully saturated rings. The number of nitrogens with one attached hydrogen (secondary N) is 1. The molecule has 3 heterocycles. The monoisotopic (exact) mass is 707 g/mol. The van der Waals surface area contributed by atoms with E-state index in [0.29, 0.717) is 47.5 Å². The molecule has 1 aromatic heterocycles. The van der Waals surface area contributed by atoms with Crippen molar-refractivity contribution in [2.45, 2.75) is 94.4 Å². The predicted molar refractivity (Wildman–Crippen MR) is 185 cm³/mol. The zero-order valence-electron chi connectivity index (χ0n) is 27.6. The minimum Gasteiger partial charge on any atom is -0.465 e. The lowest BCUT2D eigenvalue weighted by molar-refractivity contribution is -0.142. The number of carbonyl (C=O) groups excluding carboxylic acids is 3. The Morgan fingerprint density at radius 3 is 2.69 bits per heavy atom. The van der Waals surface area contributed by atoms with Crippen LogP contribution >= 0.6 is 11.3 Å². The number of amides is 2. The molecule has 9 nitrogen and oxygen atoms in total. The molecular weight excluding hydrogens is 666 g/mol. The lowest BCUT2D eigenvalue weighted by Gasteiger charge is -2.29. The van der Waals surface area contributed by atoms with Crippen LogP contribution in [0.1, 0.15) is 76.7 Å². The van der Waals surface area contributed by atoms with Crippen LogP contribution in [0.25, 0.3) is 10.2 Å². The number of rotatable bonds is 7. The number of fused-ring (bicyclic) bond motifs is 3. The quantitative estimate of drug-likeness (QED) is 0.294. The topological polar surface area (TPSA) is 123 Å². The van der Waals surface area contributed by atoms with Gasteiger partial charge in [0.1, 0.15) is 11.9 Å². The summed E-state index contributed by atoms with van der Waals surface area (Å²) in [6, 6.07) is 13.3. The third-order valence-electron chi connectivity index (χ3n) is 10.9. The van der Waals surface area contributed by atoms with E-state index in [4.69, 9.17) is 4.74 Å². The summed E-state index contributed by atoms with van der Waals surface area (Å²) in [7, 11) is -3.90. The van der Waals surface area contributed by atoms with Gasteiger partial charge in [-0.05, 0) is 81.5 Å². The lowest BCUT2D eigenvalue weighted by Crippen LogP contribution is -2.47. The first-order valence-corrected chi connectivity index (χ1v) is 19.6. The van der Waals surface area contributed by atoms with Crippen molar-refractivity contribution in [3.63, 3.8) is 0 Å². The Morgan fingerprint density at radius 1 is 1.12 bits per heavy atom. The van der Waals surface area contributed by atoms with Crippen LogP contribution in [0.4, 0.5) is 4.39 Å². The average Bonchev–Trinajstić information content (AvgIpc) is 3.88. The van der Waals surface area contributed by atoms with Gasteiger partial charge in [0.05, 0.1) is 33.0 Å². The van der Waals surface area contributed by atoms with Crippen LogP contribution in [-0.2, 0) is 30.8 Å². The summed E-state index contributed by atoms with van der Waals surface area (Å²) < 4.78 is 48.3. The molecular formula is C37H42FN3O6S2. The first-order valence-electron chi connectivity index (χ1n) is 17.3. The Kier molecular flexibility index (Phi) is 9.14. The van der Waals surface area contributed by atoms with Crippen molar-refractivity contribution in [3.05, 3.63) is 72.1 Å². The number of benzene rings is 2. The highest BCUT2D eigenvalue weighted by atomic mass is 32.2. The van der Waals surface area contributed by atoms with Gasteiger partial charge in [-0.2, -0.15) is 0 Å². The summed E-state index contributed by atoms with van der Waals surface area (Å²) in [4.78, 5) is 48.8. The molecule has 0 radical (unpaired) electrons. The number of carbonyl (C=O) groups is 3. The fourth-order valence-corrected chi connectivity index (χ4v) is 9.63. The second kappa shape index (κ2) is 13.2. The highest BCUT2D eigenvalue weighted by Gasteiger charge is 2.62. The summed E-state index contributed by atoms with van der Waals surface area (Å²) >= 11 is 1.21. The second-order valence-corrected chi connectivity index (χ2v) is 17.7. The molecule has 2 aromatic carbocycles. The molecule has 3 aromatic rings. The number of Topliss-reactive ketones (excluding diaryl/α,β-unsaturated/α-hetero) is 1. The van der Waals surface area contributed by atoms with E-state index in [1.807, 2.05) is 42.5 Å². The van der Waals surface area contributed by atoms with E-state index in [1.165, 1.54) is 23.5 Å². The van der Waals surface area contributed by atoms with Gasteiger partial charge < -0.3 is 9.64 Å². The zero-order valence-corrected chi connectivity index (χ0v) is 29.2. The number of hydrogen-bond acceptors (Lipinski definition) is 8. The van der Waals surface area contributed by atoms with E-state index >= 15 is 0 Å². The van der Waals surface area contributed by atoms with E-state index in [-0.39, 0.29) is 48.7 Å². The molecule has 2 amide bonds. The van der Waals surface area contributed by atoms with Crippen molar-refractivity contribution in [3.8, 4) is 5.19 Å². The van der Waals surface area contributed by atoms with Crippen LogP contribution in [0.2, 0.25) is 0 Å². The van der Waals surface area contributed by atoms with Gasteiger partial charge in [-0.15, -0.1) is 0 Å². The van der Waals surface area contributed by atoms with E-state index < -0.39 is 38.2 Å². The van der Waals surface area contributed by atoms with Crippen molar-refractivity contribution in [2.75, 3.05) is 6.54 Å². The van der Waals surface area contributed by atoms with Gasteiger partial charge in [-0.1, -0.05) is 66.7 Å². The Bertz CT molecular complexity index is 1890. The van der Waals surface area contributed by atoms with Crippen molar-refractivity contribution in [1.29, 1.82) is 0 Å². The maximum atomic E-state index is 14.5. The summed E-state index contributed by atoms with van der Waals surface area (Å²) in [6.07, 6.45) is 9.58. The van der Waals surface area contributed by atoms with Gasteiger partial charge in [-0.3, -0.25) is 19.1 Å². The molecule has 12 heteroatoms. The number of hydrogen-bond donors (Lipinski definition) is 1. The maximum Gasteiger partial charge on any atom is 0.274 e.